The third kappa shape index (κ3) is 2.92. The lowest BCUT2D eigenvalue weighted by Gasteiger charge is -2.41. The molecule has 0 aromatic carbocycles. The summed E-state index contributed by atoms with van der Waals surface area (Å²) in [5, 5.41) is 16.0. The maximum atomic E-state index is 4.65. The zero-order valence-electron chi connectivity index (χ0n) is 15.4. The highest BCUT2D eigenvalue weighted by atomic mass is 15.4. The van der Waals surface area contributed by atoms with Crippen molar-refractivity contribution in [3.8, 4) is 0 Å². The maximum Gasteiger partial charge on any atom is 0.177 e. The Morgan fingerprint density at radius 2 is 2.11 bits per heavy atom. The monoisotopic (exact) mass is 365 g/mol. The smallest absolute Gasteiger partial charge is 0.177 e. The molecule has 9 heteroatoms. The van der Waals surface area contributed by atoms with Crippen molar-refractivity contribution in [2.24, 2.45) is 0 Å². The van der Waals surface area contributed by atoms with Crippen molar-refractivity contribution in [3.63, 3.8) is 0 Å². The molecule has 9 nitrogen and oxygen atoms in total. The molecule has 1 N–H and O–H groups in total. The number of nitrogens with one attached hydrogen (secondary N) is 1. The third-order valence-corrected chi connectivity index (χ3v) is 5.44. The van der Waals surface area contributed by atoms with E-state index in [1.54, 1.807) is 17.2 Å². The summed E-state index contributed by atoms with van der Waals surface area (Å²) in [5.74, 6) is 3.05. The molecule has 0 aliphatic carbocycles. The molecule has 27 heavy (non-hydrogen) atoms. The van der Waals surface area contributed by atoms with Crippen molar-refractivity contribution < 1.29 is 0 Å². The number of fused-ring (bicyclic) bond motifs is 2. The molecule has 0 saturated carbocycles. The van der Waals surface area contributed by atoms with Crippen molar-refractivity contribution >= 4 is 23.1 Å². The van der Waals surface area contributed by atoms with E-state index in [0.717, 1.165) is 55.7 Å². The van der Waals surface area contributed by atoms with E-state index in [9.17, 15) is 0 Å². The van der Waals surface area contributed by atoms with Crippen LogP contribution in [0.1, 0.15) is 25.3 Å². The van der Waals surface area contributed by atoms with Gasteiger partial charge in [-0.1, -0.05) is 0 Å². The topological polar surface area (TPSA) is 87.4 Å². The van der Waals surface area contributed by atoms with Crippen LogP contribution in [-0.4, -0.2) is 62.0 Å². The molecule has 5 heterocycles. The van der Waals surface area contributed by atoms with Crippen molar-refractivity contribution in [3.05, 3.63) is 30.4 Å². The lowest BCUT2D eigenvalue weighted by Crippen LogP contribution is -2.53. The minimum absolute atomic E-state index is 0.324. The van der Waals surface area contributed by atoms with Crippen LogP contribution in [-0.2, 0) is 6.42 Å². The van der Waals surface area contributed by atoms with Crippen LogP contribution in [0.15, 0.2) is 24.8 Å². The van der Waals surface area contributed by atoms with Gasteiger partial charge in [0.25, 0.3) is 0 Å². The van der Waals surface area contributed by atoms with Gasteiger partial charge in [-0.2, -0.15) is 4.52 Å². The molecule has 0 spiro atoms. The van der Waals surface area contributed by atoms with Gasteiger partial charge in [0.1, 0.15) is 30.1 Å². The third-order valence-electron chi connectivity index (χ3n) is 5.44. The number of piperazine rings is 1. The number of aromatic nitrogens is 6. The lowest BCUT2D eigenvalue weighted by atomic mass is 10.1. The molecule has 1 unspecified atom stereocenters. The summed E-state index contributed by atoms with van der Waals surface area (Å²) in [4.78, 5) is 13.8. The predicted octanol–water partition coefficient (Wildman–Crippen LogP) is 1.38. The Hall–Kier alpha value is -2.97. The summed E-state index contributed by atoms with van der Waals surface area (Å²) in [7, 11) is 0. The van der Waals surface area contributed by atoms with Crippen molar-refractivity contribution in [1.29, 1.82) is 0 Å². The van der Waals surface area contributed by atoms with Crippen LogP contribution in [0.5, 0.6) is 0 Å². The van der Waals surface area contributed by atoms with Crippen LogP contribution in [0.3, 0.4) is 0 Å². The van der Waals surface area contributed by atoms with E-state index in [4.69, 9.17) is 0 Å². The Bertz CT molecular complexity index is 953. The minimum atomic E-state index is 0.324. The number of hydrogen-bond donors (Lipinski definition) is 1. The number of hydrogen-bond acceptors (Lipinski definition) is 8. The standard InChI is InChI=1S/C18H23N9/c1-13-10-25(18-14-4-2-3-7-19-17(14)20-11-21-18)8-9-26(13)16-6-5-15-23-22-12-27(15)24-16/h5-6,11-13H,2-4,7-10H2,1H3,(H,19,20,21). The fourth-order valence-corrected chi connectivity index (χ4v) is 4.05. The van der Waals surface area contributed by atoms with Crippen molar-refractivity contribution in [2.45, 2.75) is 32.2 Å². The summed E-state index contributed by atoms with van der Waals surface area (Å²) < 4.78 is 1.73. The normalized spacial score (nSPS) is 20.3. The Morgan fingerprint density at radius 1 is 1.15 bits per heavy atom. The molecule has 2 aliphatic rings. The molecule has 0 bridgehead atoms. The van der Waals surface area contributed by atoms with E-state index < -0.39 is 0 Å². The summed E-state index contributed by atoms with van der Waals surface area (Å²) in [5.41, 5.74) is 2.03. The molecule has 0 radical (unpaired) electrons. The van der Waals surface area contributed by atoms with Gasteiger partial charge < -0.3 is 15.1 Å². The lowest BCUT2D eigenvalue weighted by molar-refractivity contribution is 0.538. The van der Waals surface area contributed by atoms with E-state index in [2.05, 4.69) is 47.3 Å². The highest BCUT2D eigenvalue weighted by Gasteiger charge is 2.28. The van der Waals surface area contributed by atoms with Gasteiger partial charge >= 0.3 is 0 Å². The van der Waals surface area contributed by atoms with Crippen LogP contribution >= 0.6 is 0 Å². The average molecular weight is 365 g/mol. The maximum absolute atomic E-state index is 4.65. The zero-order chi connectivity index (χ0) is 18.2. The van der Waals surface area contributed by atoms with E-state index in [1.807, 2.05) is 12.1 Å². The minimum Gasteiger partial charge on any atom is -0.370 e. The fourth-order valence-electron chi connectivity index (χ4n) is 4.05. The Kier molecular flexibility index (Phi) is 3.99. The van der Waals surface area contributed by atoms with Gasteiger partial charge in [-0.15, -0.1) is 15.3 Å². The summed E-state index contributed by atoms with van der Waals surface area (Å²) >= 11 is 0. The SMILES string of the molecule is CC1CN(c2ncnc3c2CCCCN3)CCN1c1ccc2nncn2n1. The first kappa shape index (κ1) is 16.2. The molecule has 5 rings (SSSR count). The van der Waals surface area contributed by atoms with Crippen LogP contribution in [0, 0.1) is 0 Å². The molecule has 140 valence electrons. The highest BCUT2D eigenvalue weighted by Crippen LogP contribution is 2.29. The van der Waals surface area contributed by atoms with Crippen LogP contribution in [0.2, 0.25) is 0 Å². The average Bonchev–Trinajstić information content (AvgIpc) is 3.02. The summed E-state index contributed by atoms with van der Waals surface area (Å²) in [6.45, 7) is 5.95. The molecule has 3 aromatic rings. The predicted molar refractivity (Wildman–Crippen MR) is 103 cm³/mol. The molecule has 1 saturated heterocycles. The molecule has 2 aliphatic heterocycles. The first-order valence-corrected chi connectivity index (χ1v) is 9.56. The quantitative estimate of drug-likeness (QED) is 0.729. The largest absolute Gasteiger partial charge is 0.370 e. The second kappa shape index (κ2) is 6.64. The van der Waals surface area contributed by atoms with Gasteiger partial charge in [0.15, 0.2) is 5.65 Å². The zero-order valence-corrected chi connectivity index (χ0v) is 15.4. The first-order valence-electron chi connectivity index (χ1n) is 9.56. The van der Waals surface area contributed by atoms with Crippen molar-refractivity contribution in [1.82, 2.24) is 29.8 Å². The van der Waals surface area contributed by atoms with Gasteiger partial charge in [-0.25, -0.2) is 9.97 Å². The summed E-state index contributed by atoms with van der Waals surface area (Å²) in [6, 6.07) is 4.31. The molecular formula is C18H23N9. The van der Waals surface area contributed by atoms with E-state index in [1.165, 1.54) is 18.4 Å². The number of anilines is 3. The molecule has 1 fully saturated rings. The van der Waals surface area contributed by atoms with E-state index in [0.29, 0.717) is 6.04 Å². The fraction of sp³-hybridized carbons (Fsp3) is 0.500. The summed E-state index contributed by atoms with van der Waals surface area (Å²) in [6.07, 6.45) is 6.73. The van der Waals surface area contributed by atoms with Crippen molar-refractivity contribution in [2.75, 3.05) is 41.3 Å². The van der Waals surface area contributed by atoms with Crippen LogP contribution in [0.25, 0.3) is 5.65 Å². The Labute approximate surface area is 157 Å². The van der Waals surface area contributed by atoms with Gasteiger partial charge in [0.2, 0.25) is 0 Å². The Balaban J connectivity index is 1.38. The van der Waals surface area contributed by atoms with E-state index >= 15 is 0 Å². The second-order valence-electron chi connectivity index (χ2n) is 7.22. The molecular weight excluding hydrogens is 342 g/mol. The van der Waals surface area contributed by atoms with Crippen LogP contribution in [0.4, 0.5) is 17.5 Å². The molecule has 3 aromatic heterocycles. The van der Waals surface area contributed by atoms with Crippen LogP contribution < -0.4 is 15.1 Å². The van der Waals surface area contributed by atoms with E-state index in [-0.39, 0.29) is 0 Å². The first-order chi connectivity index (χ1) is 13.3. The van der Waals surface area contributed by atoms with Gasteiger partial charge in [0, 0.05) is 37.8 Å². The Morgan fingerprint density at radius 3 is 3.04 bits per heavy atom. The van der Waals surface area contributed by atoms with Gasteiger partial charge in [-0.05, 0) is 38.3 Å². The number of nitrogens with zero attached hydrogens (tertiary/aromatic N) is 8. The molecule has 0 amide bonds. The molecule has 1 atom stereocenters. The highest BCUT2D eigenvalue weighted by molar-refractivity contribution is 5.60. The van der Waals surface area contributed by atoms with Gasteiger partial charge in [0.05, 0.1) is 0 Å². The second-order valence-corrected chi connectivity index (χ2v) is 7.22. The number of rotatable bonds is 2. The van der Waals surface area contributed by atoms with Gasteiger partial charge in [-0.3, -0.25) is 0 Å².